The van der Waals surface area contributed by atoms with Gasteiger partial charge in [0.05, 0.1) is 0 Å². The molecular formula is C18H24F2N2O. The molecule has 5 heteroatoms. The molecule has 1 saturated carbocycles. The van der Waals surface area contributed by atoms with Crippen molar-refractivity contribution in [3.8, 4) is 0 Å². The summed E-state index contributed by atoms with van der Waals surface area (Å²) in [4.78, 5) is 14.4. The molecule has 1 aromatic rings. The number of carbonyl (C=O) groups excluding carboxylic acids is 1. The Kier molecular flexibility index (Phi) is 5.26. The smallest absolute Gasteiger partial charge is 0.223 e. The number of hydrogen-bond acceptors (Lipinski definition) is 2. The molecule has 126 valence electrons. The third-order valence-corrected chi connectivity index (χ3v) is 4.89. The highest BCUT2D eigenvalue weighted by molar-refractivity contribution is 5.76. The summed E-state index contributed by atoms with van der Waals surface area (Å²) in [6.07, 6.45) is 5.68. The van der Waals surface area contributed by atoms with Gasteiger partial charge >= 0.3 is 0 Å². The number of amides is 1. The fourth-order valence-electron chi connectivity index (χ4n) is 3.28. The van der Waals surface area contributed by atoms with E-state index in [-0.39, 0.29) is 18.5 Å². The van der Waals surface area contributed by atoms with Crippen LogP contribution in [-0.2, 0) is 11.3 Å². The van der Waals surface area contributed by atoms with Crippen LogP contribution in [0.5, 0.6) is 0 Å². The summed E-state index contributed by atoms with van der Waals surface area (Å²) < 4.78 is 26.9. The molecule has 0 radical (unpaired) electrons. The first-order valence-corrected chi connectivity index (χ1v) is 8.57. The van der Waals surface area contributed by atoms with Crippen molar-refractivity contribution in [2.45, 2.75) is 51.1 Å². The summed E-state index contributed by atoms with van der Waals surface area (Å²) in [6.45, 7) is 2.32. The van der Waals surface area contributed by atoms with Gasteiger partial charge in [0.1, 0.15) is 11.6 Å². The third-order valence-electron chi connectivity index (χ3n) is 4.89. The molecular weight excluding hydrogens is 298 g/mol. The van der Waals surface area contributed by atoms with Crippen LogP contribution < -0.4 is 5.32 Å². The lowest BCUT2D eigenvalue weighted by molar-refractivity contribution is -0.132. The number of halogens is 2. The van der Waals surface area contributed by atoms with E-state index in [0.717, 1.165) is 51.3 Å². The normalized spacial score (nSPS) is 18.9. The standard InChI is InChI=1S/C18H24F2N2O/c19-15-3-2-14(17(20)11-15)12-22(16-4-5-16)18(23)6-1-13-7-9-21-10-8-13/h2-3,11,13,16,21H,1,4-10,12H2. The first-order chi connectivity index (χ1) is 11.1. The highest BCUT2D eigenvalue weighted by Gasteiger charge is 2.33. The number of hydrogen-bond donors (Lipinski definition) is 1. The number of nitrogens with zero attached hydrogens (tertiary/aromatic N) is 1. The molecule has 1 N–H and O–H groups in total. The number of nitrogens with one attached hydrogen (secondary N) is 1. The molecule has 1 aromatic carbocycles. The van der Waals surface area contributed by atoms with Gasteiger partial charge in [0, 0.05) is 30.6 Å². The molecule has 0 unspecified atom stereocenters. The van der Waals surface area contributed by atoms with Gasteiger partial charge < -0.3 is 10.2 Å². The van der Waals surface area contributed by atoms with Crippen molar-refractivity contribution in [3.63, 3.8) is 0 Å². The van der Waals surface area contributed by atoms with Gasteiger partial charge in [-0.15, -0.1) is 0 Å². The molecule has 1 aliphatic carbocycles. The Morgan fingerprint density at radius 2 is 1.91 bits per heavy atom. The van der Waals surface area contributed by atoms with E-state index in [4.69, 9.17) is 0 Å². The third kappa shape index (κ3) is 4.50. The van der Waals surface area contributed by atoms with Crippen LogP contribution in [0.1, 0.15) is 44.1 Å². The highest BCUT2D eigenvalue weighted by Crippen LogP contribution is 2.30. The number of carbonyl (C=O) groups is 1. The predicted molar refractivity (Wildman–Crippen MR) is 84.8 cm³/mol. The maximum Gasteiger partial charge on any atom is 0.223 e. The van der Waals surface area contributed by atoms with Gasteiger partial charge in [-0.3, -0.25) is 4.79 Å². The van der Waals surface area contributed by atoms with Crippen LogP contribution in [0.25, 0.3) is 0 Å². The van der Waals surface area contributed by atoms with Gasteiger partial charge in [-0.05, 0) is 57.2 Å². The molecule has 0 bridgehead atoms. The Labute approximate surface area is 136 Å². The molecule has 3 rings (SSSR count). The van der Waals surface area contributed by atoms with Gasteiger partial charge in [0.2, 0.25) is 5.91 Å². The molecule has 1 aliphatic heterocycles. The van der Waals surface area contributed by atoms with Crippen molar-refractivity contribution in [3.05, 3.63) is 35.4 Å². The SMILES string of the molecule is O=C(CCC1CCNCC1)N(Cc1ccc(F)cc1F)C1CC1. The molecule has 2 aliphatic rings. The maximum absolute atomic E-state index is 13.8. The quantitative estimate of drug-likeness (QED) is 0.872. The van der Waals surface area contributed by atoms with E-state index in [9.17, 15) is 13.6 Å². The summed E-state index contributed by atoms with van der Waals surface area (Å²) in [5, 5.41) is 3.33. The van der Waals surface area contributed by atoms with Crippen LogP contribution in [0.4, 0.5) is 8.78 Å². The largest absolute Gasteiger partial charge is 0.335 e. The fourth-order valence-corrected chi connectivity index (χ4v) is 3.28. The minimum absolute atomic E-state index is 0.106. The Morgan fingerprint density at radius 1 is 1.17 bits per heavy atom. The zero-order chi connectivity index (χ0) is 16.2. The van der Waals surface area contributed by atoms with Gasteiger partial charge in [0.15, 0.2) is 0 Å². The molecule has 0 aromatic heterocycles. The second-order valence-corrected chi connectivity index (χ2v) is 6.72. The molecule has 1 saturated heterocycles. The second kappa shape index (κ2) is 7.39. The van der Waals surface area contributed by atoms with Crippen molar-refractivity contribution in [2.75, 3.05) is 13.1 Å². The van der Waals surface area contributed by atoms with Gasteiger partial charge in [-0.2, -0.15) is 0 Å². The van der Waals surface area contributed by atoms with Crippen molar-refractivity contribution in [2.24, 2.45) is 5.92 Å². The van der Waals surface area contributed by atoms with Crippen LogP contribution in [0.3, 0.4) is 0 Å². The van der Waals surface area contributed by atoms with Crippen LogP contribution in [0, 0.1) is 17.6 Å². The van der Waals surface area contributed by atoms with E-state index in [1.54, 1.807) is 4.90 Å². The van der Waals surface area contributed by atoms with Gasteiger partial charge in [-0.25, -0.2) is 8.78 Å². The summed E-state index contributed by atoms with van der Waals surface area (Å²) in [6, 6.07) is 3.82. The van der Waals surface area contributed by atoms with E-state index in [0.29, 0.717) is 17.9 Å². The van der Waals surface area contributed by atoms with Crippen LogP contribution in [0.2, 0.25) is 0 Å². The molecule has 1 amide bonds. The Hall–Kier alpha value is -1.49. The van der Waals surface area contributed by atoms with Crippen molar-refractivity contribution < 1.29 is 13.6 Å². The molecule has 2 fully saturated rings. The van der Waals surface area contributed by atoms with Crippen LogP contribution in [-0.4, -0.2) is 29.9 Å². The first-order valence-electron chi connectivity index (χ1n) is 8.57. The van der Waals surface area contributed by atoms with Gasteiger partial charge in [0.25, 0.3) is 0 Å². The van der Waals surface area contributed by atoms with Crippen molar-refractivity contribution in [1.82, 2.24) is 10.2 Å². The fraction of sp³-hybridized carbons (Fsp3) is 0.611. The zero-order valence-corrected chi connectivity index (χ0v) is 13.4. The molecule has 23 heavy (non-hydrogen) atoms. The first kappa shape index (κ1) is 16.4. The lowest BCUT2D eigenvalue weighted by atomic mass is 9.93. The molecule has 0 atom stereocenters. The average Bonchev–Trinajstić information content (AvgIpc) is 3.38. The van der Waals surface area contributed by atoms with E-state index >= 15 is 0 Å². The Bertz CT molecular complexity index is 554. The summed E-state index contributed by atoms with van der Waals surface area (Å²) in [7, 11) is 0. The minimum Gasteiger partial charge on any atom is -0.335 e. The molecule has 1 heterocycles. The van der Waals surface area contributed by atoms with E-state index in [2.05, 4.69) is 5.32 Å². The molecule has 3 nitrogen and oxygen atoms in total. The number of benzene rings is 1. The molecule has 0 spiro atoms. The highest BCUT2D eigenvalue weighted by atomic mass is 19.1. The van der Waals surface area contributed by atoms with Crippen LogP contribution >= 0.6 is 0 Å². The Morgan fingerprint density at radius 3 is 2.57 bits per heavy atom. The van der Waals surface area contributed by atoms with E-state index < -0.39 is 11.6 Å². The second-order valence-electron chi connectivity index (χ2n) is 6.72. The van der Waals surface area contributed by atoms with E-state index in [1.807, 2.05) is 0 Å². The summed E-state index contributed by atoms with van der Waals surface area (Å²) >= 11 is 0. The lowest BCUT2D eigenvalue weighted by Crippen LogP contribution is -2.34. The predicted octanol–water partition coefficient (Wildman–Crippen LogP) is 3.24. The minimum atomic E-state index is -0.582. The Balaban J connectivity index is 1.58. The van der Waals surface area contributed by atoms with E-state index in [1.165, 1.54) is 12.1 Å². The average molecular weight is 322 g/mol. The summed E-state index contributed by atoms with van der Waals surface area (Å²) in [5.74, 6) is -0.429. The van der Waals surface area contributed by atoms with Crippen molar-refractivity contribution >= 4 is 5.91 Å². The van der Waals surface area contributed by atoms with Crippen molar-refractivity contribution in [1.29, 1.82) is 0 Å². The number of piperidine rings is 1. The monoisotopic (exact) mass is 322 g/mol. The topological polar surface area (TPSA) is 32.3 Å². The summed E-state index contributed by atoms with van der Waals surface area (Å²) in [5.41, 5.74) is 0.397. The number of rotatable bonds is 6. The van der Waals surface area contributed by atoms with Gasteiger partial charge in [-0.1, -0.05) is 6.07 Å². The van der Waals surface area contributed by atoms with Crippen LogP contribution in [0.15, 0.2) is 18.2 Å². The maximum atomic E-state index is 13.8. The zero-order valence-electron chi connectivity index (χ0n) is 13.4. The lowest BCUT2D eigenvalue weighted by Gasteiger charge is -2.26.